The van der Waals surface area contributed by atoms with Crippen LogP contribution >= 0.6 is 0 Å². The van der Waals surface area contributed by atoms with Crippen LogP contribution in [0.5, 0.6) is 17.2 Å². The van der Waals surface area contributed by atoms with Crippen LogP contribution in [0.25, 0.3) is 0 Å². The number of carboxylic acid groups (broad SMARTS) is 1. The van der Waals surface area contributed by atoms with Gasteiger partial charge in [-0.25, -0.2) is 13.2 Å². The number of nitrogens with one attached hydrogen (secondary N) is 2. The molecule has 0 radical (unpaired) electrons. The fourth-order valence-corrected chi connectivity index (χ4v) is 8.07. The molecule has 0 saturated carbocycles. The van der Waals surface area contributed by atoms with Crippen molar-refractivity contribution >= 4 is 22.1 Å². The van der Waals surface area contributed by atoms with Gasteiger partial charge in [0.15, 0.2) is 17.8 Å². The molecule has 2 saturated heterocycles. The van der Waals surface area contributed by atoms with E-state index in [9.17, 15) is 23.4 Å². The standard InChI is InChI=1S/C31H42N4O10S/c1-18(2)15-35(46(39,40)21-9-10-25-26(14-21)44-17-43-25)27(23-16-42-29-22(23)11-12-41-29)28(36)24(33-31(37)38)13-19-5-7-20(8-6-19)45-30(32)34(3)4/h5-10,14,18,22-24,27-29,32-33,36H,11-13,15-17H2,1-4H3,(H,37,38)/t22-,23+,24-,27?,28+,29+/m0/s1. The number of aliphatic hydroxyl groups excluding tert-OH is 1. The highest BCUT2D eigenvalue weighted by Crippen LogP contribution is 2.42. The Labute approximate surface area is 268 Å². The van der Waals surface area contributed by atoms with Crippen LogP contribution in [-0.4, -0.2) is 105 Å². The topological polar surface area (TPSA) is 180 Å². The molecule has 3 heterocycles. The highest BCUT2D eigenvalue weighted by molar-refractivity contribution is 7.89. The Balaban J connectivity index is 1.52. The van der Waals surface area contributed by atoms with Crippen LogP contribution in [0.4, 0.5) is 4.79 Å². The predicted octanol–water partition coefficient (Wildman–Crippen LogP) is 2.55. The van der Waals surface area contributed by atoms with E-state index in [-0.39, 0.29) is 49.1 Å². The van der Waals surface area contributed by atoms with Crippen molar-refractivity contribution < 1.29 is 47.1 Å². The average Bonchev–Trinajstić information content (AvgIpc) is 3.75. The van der Waals surface area contributed by atoms with Gasteiger partial charge >= 0.3 is 6.09 Å². The molecule has 5 rings (SSSR count). The average molecular weight is 663 g/mol. The second kappa shape index (κ2) is 14.0. The van der Waals surface area contributed by atoms with E-state index in [4.69, 9.17) is 29.1 Å². The van der Waals surface area contributed by atoms with Gasteiger partial charge in [0, 0.05) is 38.5 Å². The normalized spacial score (nSPS) is 22.4. The van der Waals surface area contributed by atoms with Crippen molar-refractivity contribution in [3.05, 3.63) is 48.0 Å². The van der Waals surface area contributed by atoms with Gasteiger partial charge in [-0.3, -0.25) is 5.41 Å². The summed E-state index contributed by atoms with van der Waals surface area (Å²) in [6, 6.07) is 8.88. The minimum absolute atomic E-state index is 0.0216. The predicted molar refractivity (Wildman–Crippen MR) is 166 cm³/mol. The highest BCUT2D eigenvalue weighted by atomic mass is 32.2. The molecule has 15 heteroatoms. The van der Waals surface area contributed by atoms with Gasteiger partial charge in [0.1, 0.15) is 5.75 Å². The smallest absolute Gasteiger partial charge is 0.404 e. The van der Waals surface area contributed by atoms with Crippen LogP contribution in [0.3, 0.4) is 0 Å². The largest absolute Gasteiger partial charge is 0.465 e. The van der Waals surface area contributed by atoms with Crippen LogP contribution in [0, 0.1) is 23.2 Å². The van der Waals surface area contributed by atoms with Gasteiger partial charge < -0.3 is 44.1 Å². The number of benzene rings is 2. The number of aliphatic hydroxyl groups is 1. The molecule has 3 aliphatic heterocycles. The number of amides is 1. The maximum Gasteiger partial charge on any atom is 0.404 e. The summed E-state index contributed by atoms with van der Waals surface area (Å²) in [5.74, 6) is 0.315. The quantitative estimate of drug-likeness (QED) is 0.194. The third kappa shape index (κ3) is 7.33. The molecule has 3 aliphatic rings. The molecule has 2 aromatic carbocycles. The van der Waals surface area contributed by atoms with Gasteiger partial charge in [0.2, 0.25) is 16.8 Å². The number of amidine groups is 1. The zero-order chi connectivity index (χ0) is 33.2. The molecule has 1 unspecified atom stereocenters. The van der Waals surface area contributed by atoms with Crippen molar-refractivity contribution in [3.63, 3.8) is 0 Å². The number of ether oxygens (including phenoxy) is 5. The van der Waals surface area contributed by atoms with E-state index in [2.05, 4.69) is 5.32 Å². The minimum Gasteiger partial charge on any atom is -0.465 e. The Kier molecular flexibility index (Phi) is 10.3. The molecule has 0 aromatic heterocycles. The number of sulfonamides is 1. The van der Waals surface area contributed by atoms with Crippen molar-refractivity contribution in [1.29, 1.82) is 5.41 Å². The number of carbonyl (C=O) groups is 1. The summed E-state index contributed by atoms with van der Waals surface area (Å²) >= 11 is 0. The molecule has 0 bridgehead atoms. The lowest BCUT2D eigenvalue weighted by atomic mass is 9.81. The summed E-state index contributed by atoms with van der Waals surface area (Å²) in [7, 11) is -0.898. The van der Waals surface area contributed by atoms with Gasteiger partial charge in [-0.15, -0.1) is 0 Å². The monoisotopic (exact) mass is 662 g/mol. The van der Waals surface area contributed by atoms with E-state index < -0.39 is 46.5 Å². The summed E-state index contributed by atoms with van der Waals surface area (Å²) in [5.41, 5.74) is 0.666. The maximum absolute atomic E-state index is 14.5. The Bertz CT molecular complexity index is 1500. The van der Waals surface area contributed by atoms with Crippen LogP contribution in [0.2, 0.25) is 0 Å². The Morgan fingerprint density at radius 1 is 1.11 bits per heavy atom. The van der Waals surface area contributed by atoms with E-state index in [0.717, 1.165) is 0 Å². The number of nitrogens with zero attached hydrogens (tertiary/aromatic N) is 2. The van der Waals surface area contributed by atoms with Gasteiger partial charge in [-0.1, -0.05) is 26.0 Å². The van der Waals surface area contributed by atoms with E-state index in [1.54, 1.807) is 38.4 Å². The van der Waals surface area contributed by atoms with Crippen molar-refractivity contribution in [2.45, 2.75) is 56.1 Å². The molecule has 1 amide bonds. The number of hydrogen-bond acceptors (Lipinski definition) is 10. The third-order valence-electron chi connectivity index (χ3n) is 8.42. The van der Waals surface area contributed by atoms with Crippen molar-refractivity contribution in [2.24, 2.45) is 17.8 Å². The molecular formula is C31H42N4O10S. The Hall–Kier alpha value is -3.63. The van der Waals surface area contributed by atoms with E-state index in [1.165, 1.54) is 27.4 Å². The van der Waals surface area contributed by atoms with Gasteiger partial charge in [0.05, 0.1) is 36.3 Å². The van der Waals surface area contributed by atoms with Crippen LogP contribution in [0.15, 0.2) is 47.4 Å². The molecule has 6 atom stereocenters. The lowest BCUT2D eigenvalue weighted by molar-refractivity contribution is -0.0907. The summed E-state index contributed by atoms with van der Waals surface area (Å²) < 4.78 is 58.4. The van der Waals surface area contributed by atoms with E-state index >= 15 is 0 Å². The number of fused-ring (bicyclic) bond motifs is 2. The number of hydrogen-bond donors (Lipinski definition) is 4. The maximum atomic E-state index is 14.5. The molecule has 4 N–H and O–H groups in total. The fraction of sp³-hybridized carbons (Fsp3) is 0.548. The molecule has 2 fully saturated rings. The molecule has 46 heavy (non-hydrogen) atoms. The first-order valence-corrected chi connectivity index (χ1v) is 16.6. The van der Waals surface area contributed by atoms with Crippen LogP contribution < -0.4 is 19.5 Å². The van der Waals surface area contributed by atoms with E-state index in [0.29, 0.717) is 35.8 Å². The zero-order valence-corrected chi connectivity index (χ0v) is 27.1. The SMILES string of the molecule is CC(C)CN(C([C@H](O)[C@H](Cc1ccc(OC(=N)N(C)C)cc1)NC(=O)O)[C@@H]1CO[C@H]2OCC[C@H]21)S(=O)(=O)c1ccc2c(c1)OCO2. The van der Waals surface area contributed by atoms with Crippen molar-refractivity contribution in [1.82, 2.24) is 14.5 Å². The third-order valence-corrected chi connectivity index (χ3v) is 10.3. The van der Waals surface area contributed by atoms with Crippen molar-refractivity contribution in [2.75, 3.05) is 40.6 Å². The summed E-state index contributed by atoms with van der Waals surface area (Å²) in [6.07, 6.45) is -2.72. The summed E-state index contributed by atoms with van der Waals surface area (Å²) in [4.78, 5) is 13.5. The summed E-state index contributed by atoms with van der Waals surface area (Å²) in [6.45, 7) is 4.36. The summed E-state index contributed by atoms with van der Waals surface area (Å²) in [5, 5.41) is 32.4. The second-order valence-electron chi connectivity index (χ2n) is 12.4. The first kappa shape index (κ1) is 33.7. The second-order valence-corrected chi connectivity index (χ2v) is 14.2. The first-order chi connectivity index (χ1) is 21.8. The first-order valence-electron chi connectivity index (χ1n) is 15.2. The van der Waals surface area contributed by atoms with Gasteiger partial charge in [-0.2, -0.15) is 4.31 Å². The molecule has 14 nitrogen and oxygen atoms in total. The van der Waals surface area contributed by atoms with Crippen molar-refractivity contribution in [3.8, 4) is 17.2 Å². The van der Waals surface area contributed by atoms with Crippen LogP contribution in [-0.2, 0) is 25.9 Å². The Morgan fingerprint density at radius 3 is 2.50 bits per heavy atom. The lowest BCUT2D eigenvalue weighted by Crippen LogP contribution is -2.60. The van der Waals surface area contributed by atoms with Gasteiger partial charge in [-0.05, 0) is 48.6 Å². The van der Waals surface area contributed by atoms with Crippen LogP contribution in [0.1, 0.15) is 25.8 Å². The molecule has 0 spiro atoms. The minimum atomic E-state index is -4.26. The zero-order valence-electron chi connectivity index (χ0n) is 26.3. The van der Waals surface area contributed by atoms with Gasteiger partial charge in [0.25, 0.3) is 6.02 Å². The van der Waals surface area contributed by atoms with E-state index in [1.807, 2.05) is 13.8 Å². The highest BCUT2D eigenvalue weighted by Gasteiger charge is 2.52. The Morgan fingerprint density at radius 2 is 1.83 bits per heavy atom. The molecular weight excluding hydrogens is 620 g/mol. The number of rotatable bonds is 12. The fourth-order valence-electron chi connectivity index (χ4n) is 6.20. The lowest BCUT2D eigenvalue weighted by Gasteiger charge is -2.42. The molecule has 252 valence electrons. The molecule has 0 aliphatic carbocycles. The molecule has 2 aromatic rings.